The van der Waals surface area contributed by atoms with E-state index in [-0.39, 0.29) is 11.3 Å². The number of nitrogens with one attached hydrogen (secondary N) is 1. The van der Waals surface area contributed by atoms with E-state index in [2.05, 4.69) is 5.32 Å². The number of thiophene rings is 1. The van der Waals surface area contributed by atoms with Crippen LogP contribution in [0.15, 0.2) is 47.9 Å². The third-order valence-corrected chi connectivity index (χ3v) is 3.17. The summed E-state index contributed by atoms with van der Waals surface area (Å²) in [7, 11) is 0. The SMILES string of the molecule is O=C(/C=C/c1cccs1)NC(=O)c1ccccc1O. The van der Waals surface area contributed by atoms with Crippen molar-refractivity contribution in [3.63, 3.8) is 0 Å². The van der Waals surface area contributed by atoms with Gasteiger partial charge in [0.2, 0.25) is 0 Å². The van der Waals surface area contributed by atoms with E-state index in [1.807, 2.05) is 17.5 Å². The normalized spacial score (nSPS) is 10.5. The summed E-state index contributed by atoms with van der Waals surface area (Å²) in [4.78, 5) is 24.2. The molecule has 0 aliphatic rings. The summed E-state index contributed by atoms with van der Waals surface area (Å²) in [5.74, 6) is -1.31. The van der Waals surface area contributed by atoms with E-state index in [1.165, 1.54) is 29.5 Å². The molecule has 0 bridgehead atoms. The maximum absolute atomic E-state index is 11.7. The van der Waals surface area contributed by atoms with E-state index in [4.69, 9.17) is 0 Å². The van der Waals surface area contributed by atoms with Crippen LogP contribution in [-0.4, -0.2) is 16.9 Å². The van der Waals surface area contributed by atoms with Crippen LogP contribution in [0.3, 0.4) is 0 Å². The predicted molar refractivity (Wildman–Crippen MR) is 73.9 cm³/mol. The number of imide groups is 1. The highest BCUT2D eigenvalue weighted by Gasteiger charge is 2.11. The Bertz CT molecular complexity index is 617. The van der Waals surface area contributed by atoms with Crippen LogP contribution < -0.4 is 5.32 Å². The molecule has 1 aromatic heterocycles. The predicted octanol–water partition coefficient (Wildman–Crippen LogP) is 2.42. The van der Waals surface area contributed by atoms with Crippen molar-refractivity contribution in [2.45, 2.75) is 0 Å². The van der Waals surface area contributed by atoms with Gasteiger partial charge in [-0.15, -0.1) is 11.3 Å². The summed E-state index contributed by atoms with van der Waals surface area (Å²) in [6, 6.07) is 9.78. The van der Waals surface area contributed by atoms with Crippen molar-refractivity contribution in [1.82, 2.24) is 5.32 Å². The van der Waals surface area contributed by atoms with Gasteiger partial charge in [0.1, 0.15) is 5.75 Å². The minimum atomic E-state index is -0.626. The molecule has 19 heavy (non-hydrogen) atoms. The van der Waals surface area contributed by atoms with Crippen LogP contribution in [-0.2, 0) is 4.79 Å². The molecule has 96 valence electrons. The second kappa shape index (κ2) is 5.97. The van der Waals surface area contributed by atoms with Crippen LogP contribution in [0.2, 0.25) is 0 Å². The van der Waals surface area contributed by atoms with Crippen molar-refractivity contribution in [2.24, 2.45) is 0 Å². The van der Waals surface area contributed by atoms with Crippen LogP contribution in [0.25, 0.3) is 6.08 Å². The van der Waals surface area contributed by atoms with Crippen molar-refractivity contribution >= 4 is 29.2 Å². The first-order valence-corrected chi connectivity index (χ1v) is 6.39. The second-order valence-corrected chi connectivity index (χ2v) is 4.66. The number of hydrogen-bond acceptors (Lipinski definition) is 4. The van der Waals surface area contributed by atoms with Crippen LogP contribution in [0.4, 0.5) is 0 Å². The molecule has 0 aliphatic carbocycles. The molecule has 2 N–H and O–H groups in total. The zero-order chi connectivity index (χ0) is 13.7. The van der Waals surface area contributed by atoms with E-state index in [0.29, 0.717) is 0 Å². The molecule has 0 radical (unpaired) electrons. The number of rotatable bonds is 3. The molecule has 2 rings (SSSR count). The van der Waals surface area contributed by atoms with Crippen LogP contribution in [0, 0.1) is 0 Å². The van der Waals surface area contributed by atoms with E-state index in [0.717, 1.165) is 4.88 Å². The van der Waals surface area contributed by atoms with Crippen molar-refractivity contribution in [2.75, 3.05) is 0 Å². The molecule has 5 heteroatoms. The molecule has 0 spiro atoms. The standard InChI is InChI=1S/C14H11NO3S/c16-12-6-2-1-5-11(12)14(18)15-13(17)8-7-10-4-3-9-19-10/h1-9,16H,(H,15,17,18)/b8-7+. The number of para-hydroxylation sites is 1. The van der Waals surface area contributed by atoms with Crippen LogP contribution in [0.5, 0.6) is 5.75 Å². The number of phenols is 1. The summed E-state index contributed by atoms with van der Waals surface area (Å²) in [5.41, 5.74) is 0.0698. The van der Waals surface area contributed by atoms with E-state index in [9.17, 15) is 14.7 Å². The summed E-state index contributed by atoms with van der Waals surface area (Å²) in [6.45, 7) is 0. The van der Waals surface area contributed by atoms with E-state index < -0.39 is 11.8 Å². The van der Waals surface area contributed by atoms with Gasteiger partial charge in [-0.25, -0.2) is 0 Å². The molecular weight excluding hydrogens is 262 g/mol. The zero-order valence-corrected chi connectivity index (χ0v) is 10.7. The molecule has 0 saturated carbocycles. The molecule has 0 unspecified atom stereocenters. The smallest absolute Gasteiger partial charge is 0.261 e. The maximum atomic E-state index is 11.7. The molecule has 0 aliphatic heterocycles. The summed E-state index contributed by atoms with van der Waals surface area (Å²) >= 11 is 1.49. The maximum Gasteiger partial charge on any atom is 0.261 e. The fourth-order valence-electron chi connectivity index (χ4n) is 1.43. The average Bonchev–Trinajstić information content (AvgIpc) is 2.90. The van der Waals surface area contributed by atoms with E-state index >= 15 is 0 Å². The number of phenolic OH excluding ortho intramolecular Hbond substituents is 1. The fraction of sp³-hybridized carbons (Fsp3) is 0. The third kappa shape index (κ3) is 3.53. The van der Waals surface area contributed by atoms with Crippen molar-refractivity contribution in [3.8, 4) is 5.75 Å². The Morgan fingerprint density at radius 1 is 1.16 bits per heavy atom. The molecular formula is C14H11NO3S. The Hall–Kier alpha value is -2.40. The average molecular weight is 273 g/mol. The van der Waals surface area contributed by atoms with Gasteiger partial charge >= 0.3 is 0 Å². The van der Waals surface area contributed by atoms with Gasteiger partial charge in [-0.3, -0.25) is 14.9 Å². The Morgan fingerprint density at radius 2 is 1.95 bits per heavy atom. The summed E-state index contributed by atoms with van der Waals surface area (Å²) in [6.07, 6.45) is 2.90. The van der Waals surface area contributed by atoms with Gasteiger partial charge in [-0.05, 0) is 29.7 Å². The lowest BCUT2D eigenvalue weighted by atomic mass is 10.2. The zero-order valence-electron chi connectivity index (χ0n) is 9.87. The van der Waals surface area contributed by atoms with Gasteiger partial charge < -0.3 is 5.11 Å². The highest BCUT2D eigenvalue weighted by molar-refractivity contribution is 7.10. The molecule has 2 aromatic rings. The van der Waals surface area contributed by atoms with Crippen molar-refractivity contribution in [1.29, 1.82) is 0 Å². The fourth-order valence-corrected chi connectivity index (χ4v) is 2.05. The molecule has 4 nitrogen and oxygen atoms in total. The lowest BCUT2D eigenvalue weighted by Crippen LogP contribution is -2.28. The van der Waals surface area contributed by atoms with Crippen LogP contribution in [0.1, 0.15) is 15.2 Å². The van der Waals surface area contributed by atoms with Gasteiger partial charge in [-0.2, -0.15) is 0 Å². The number of carbonyl (C=O) groups is 2. The highest BCUT2D eigenvalue weighted by atomic mass is 32.1. The Morgan fingerprint density at radius 3 is 2.63 bits per heavy atom. The lowest BCUT2D eigenvalue weighted by Gasteiger charge is -2.03. The van der Waals surface area contributed by atoms with Crippen molar-refractivity contribution in [3.05, 3.63) is 58.3 Å². The quantitative estimate of drug-likeness (QED) is 0.844. The number of carbonyl (C=O) groups excluding carboxylic acids is 2. The molecule has 1 heterocycles. The second-order valence-electron chi connectivity index (χ2n) is 3.68. The first-order chi connectivity index (χ1) is 9.16. The highest BCUT2D eigenvalue weighted by Crippen LogP contribution is 2.15. The van der Waals surface area contributed by atoms with Crippen LogP contribution >= 0.6 is 11.3 Å². The van der Waals surface area contributed by atoms with Gasteiger partial charge in [0.05, 0.1) is 5.56 Å². The van der Waals surface area contributed by atoms with Gasteiger partial charge in [0.25, 0.3) is 11.8 Å². The van der Waals surface area contributed by atoms with Crippen molar-refractivity contribution < 1.29 is 14.7 Å². The Labute approximate surface area is 114 Å². The number of amides is 2. The first-order valence-electron chi connectivity index (χ1n) is 5.52. The van der Waals surface area contributed by atoms with Gasteiger partial charge in [0.15, 0.2) is 0 Å². The van der Waals surface area contributed by atoms with E-state index in [1.54, 1.807) is 18.2 Å². The third-order valence-electron chi connectivity index (χ3n) is 2.33. The summed E-state index contributed by atoms with van der Waals surface area (Å²) < 4.78 is 0. The summed E-state index contributed by atoms with van der Waals surface area (Å²) in [5, 5.41) is 13.6. The minimum absolute atomic E-state index is 0.0698. The number of aromatic hydroxyl groups is 1. The number of hydrogen-bond donors (Lipinski definition) is 2. The van der Waals surface area contributed by atoms with Gasteiger partial charge in [-0.1, -0.05) is 18.2 Å². The number of benzene rings is 1. The molecule has 0 atom stereocenters. The lowest BCUT2D eigenvalue weighted by molar-refractivity contribution is -0.115. The first kappa shape index (κ1) is 13.0. The monoisotopic (exact) mass is 273 g/mol. The largest absolute Gasteiger partial charge is 0.507 e. The molecule has 0 saturated heterocycles. The minimum Gasteiger partial charge on any atom is -0.507 e. The molecule has 1 aromatic carbocycles. The Kier molecular flexibility index (Phi) is 4.10. The molecule has 2 amide bonds. The Balaban J connectivity index is 2.00. The topological polar surface area (TPSA) is 66.4 Å². The van der Waals surface area contributed by atoms with Gasteiger partial charge in [0, 0.05) is 11.0 Å². The molecule has 0 fully saturated rings.